The molecule has 0 fully saturated rings. The first kappa shape index (κ1) is 15.5. The maximum absolute atomic E-state index is 11.7. The third-order valence-corrected chi connectivity index (χ3v) is 3.07. The van der Waals surface area contributed by atoms with Crippen LogP contribution in [0, 0.1) is 0 Å². The molecule has 0 heterocycles. The molecule has 0 unspecified atom stereocenters. The van der Waals surface area contributed by atoms with Crippen molar-refractivity contribution in [2.45, 2.75) is 6.92 Å². The number of benzene rings is 1. The van der Waals surface area contributed by atoms with Crippen molar-refractivity contribution in [2.75, 3.05) is 13.6 Å². The van der Waals surface area contributed by atoms with Gasteiger partial charge in [0, 0.05) is 28.2 Å². The van der Waals surface area contributed by atoms with Gasteiger partial charge in [-0.25, -0.2) is 0 Å². The number of likely N-dealkylation sites (N-methyl/N-ethyl adjacent to an activating group) is 1. The van der Waals surface area contributed by atoms with E-state index in [0.29, 0.717) is 21.2 Å². The lowest BCUT2D eigenvalue weighted by molar-refractivity contribution is -0.123. The minimum Gasteiger partial charge on any atom is -0.358 e. The topological polar surface area (TPSA) is 58.2 Å². The molecule has 0 aliphatic rings. The predicted molar refractivity (Wildman–Crippen MR) is 77.2 cm³/mol. The number of amides is 2. The van der Waals surface area contributed by atoms with Crippen molar-refractivity contribution in [1.82, 2.24) is 10.6 Å². The molecule has 19 heavy (non-hydrogen) atoms. The summed E-state index contributed by atoms with van der Waals surface area (Å²) in [7, 11) is 1.50. The summed E-state index contributed by atoms with van der Waals surface area (Å²) >= 11 is 12.0. The summed E-state index contributed by atoms with van der Waals surface area (Å²) in [5.41, 5.74) is 0.998. The van der Waals surface area contributed by atoms with Gasteiger partial charge in [0.2, 0.25) is 11.8 Å². The molecule has 0 aliphatic carbocycles. The molecule has 1 rings (SSSR count). The lowest BCUT2D eigenvalue weighted by atomic mass is 10.1. The highest BCUT2D eigenvalue weighted by Gasteiger charge is 2.09. The Balaban J connectivity index is 2.81. The SMILES string of the molecule is CNC(=O)CNC(=O)C(C)=Cc1c(Cl)cccc1Cl. The van der Waals surface area contributed by atoms with Crippen LogP contribution in [0.2, 0.25) is 10.0 Å². The van der Waals surface area contributed by atoms with Crippen LogP contribution in [0.15, 0.2) is 23.8 Å². The fourth-order valence-corrected chi connectivity index (χ4v) is 1.83. The van der Waals surface area contributed by atoms with Crippen LogP contribution < -0.4 is 10.6 Å². The van der Waals surface area contributed by atoms with Crippen molar-refractivity contribution in [1.29, 1.82) is 0 Å². The minimum atomic E-state index is -0.348. The molecule has 1 aromatic carbocycles. The Labute approximate surface area is 121 Å². The molecule has 2 amide bonds. The smallest absolute Gasteiger partial charge is 0.247 e. The molecular formula is C13H14Cl2N2O2. The lowest BCUT2D eigenvalue weighted by Crippen LogP contribution is -2.35. The molecule has 0 aliphatic heterocycles. The number of hydrogen-bond donors (Lipinski definition) is 2. The summed E-state index contributed by atoms with van der Waals surface area (Å²) in [6.07, 6.45) is 1.59. The monoisotopic (exact) mass is 300 g/mol. The largest absolute Gasteiger partial charge is 0.358 e. The van der Waals surface area contributed by atoms with E-state index in [1.54, 1.807) is 31.2 Å². The van der Waals surface area contributed by atoms with Crippen LogP contribution in [-0.4, -0.2) is 25.4 Å². The summed E-state index contributed by atoms with van der Waals surface area (Å²) in [5, 5.41) is 5.83. The van der Waals surface area contributed by atoms with E-state index in [-0.39, 0.29) is 18.4 Å². The zero-order valence-corrected chi connectivity index (χ0v) is 12.1. The van der Waals surface area contributed by atoms with E-state index in [0.717, 1.165) is 0 Å². The molecule has 0 aromatic heterocycles. The van der Waals surface area contributed by atoms with Crippen LogP contribution >= 0.6 is 23.2 Å². The highest BCUT2D eigenvalue weighted by Crippen LogP contribution is 2.26. The van der Waals surface area contributed by atoms with Crippen LogP contribution in [0.3, 0.4) is 0 Å². The maximum atomic E-state index is 11.7. The Morgan fingerprint density at radius 2 is 1.84 bits per heavy atom. The van der Waals surface area contributed by atoms with Crippen LogP contribution in [0.4, 0.5) is 0 Å². The van der Waals surface area contributed by atoms with E-state index < -0.39 is 0 Å². The quantitative estimate of drug-likeness (QED) is 0.838. The zero-order chi connectivity index (χ0) is 14.4. The van der Waals surface area contributed by atoms with Crippen molar-refractivity contribution >= 4 is 41.1 Å². The first-order chi connectivity index (χ1) is 8.95. The van der Waals surface area contributed by atoms with Gasteiger partial charge in [-0.1, -0.05) is 29.3 Å². The van der Waals surface area contributed by atoms with Crippen LogP contribution in [0.1, 0.15) is 12.5 Å². The first-order valence-electron chi connectivity index (χ1n) is 5.56. The second kappa shape index (κ2) is 7.16. The molecule has 1 aromatic rings. The van der Waals surface area contributed by atoms with E-state index in [2.05, 4.69) is 10.6 Å². The van der Waals surface area contributed by atoms with E-state index in [1.807, 2.05) is 0 Å². The molecular weight excluding hydrogens is 287 g/mol. The summed E-state index contributed by atoms with van der Waals surface area (Å²) in [6.45, 7) is 1.55. The van der Waals surface area contributed by atoms with Gasteiger partial charge in [0.1, 0.15) is 0 Å². The standard InChI is InChI=1S/C13H14Cl2N2O2/c1-8(13(19)17-7-12(18)16-2)6-9-10(14)4-3-5-11(9)15/h3-6H,7H2,1-2H3,(H,16,18)(H,17,19). The highest BCUT2D eigenvalue weighted by molar-refractivity contribution is 6.37. The fourth-order valence-electron chi connectivity index (χ4n) is 1.32. The summed E-state index contributed by atoms with van der Waals surface area (Å²) in [5.74, 6) is -0.614. The normalized spacial score (nSPS) is 11.1. The van der Waals surface area contributed by atoms with Gasteiger partial charge in [0.05, 0.1) is 6.54 Å². The minimum absolute atomic E-state index is 0.0727. The zero-order valence-electron chi connectivity index (χ0n) is 10.6. The molecule has 102 valence electrons. The second-order valence-electron chi connectivity index (χ2n) is 3.82. The van der Waals surface area contributed by atoms with Crippen LogP contribution in [0.25, 0.3) is 6.08 Å². The van der Waals surface area contributed by atoms with Gasteiger partial charge < -0.3 is 10.6 Å². The summed E-state index contributed by atoms with van der Waals surface area (Å²) in [4.78, 5) is 22.8. The number of halogens is 2. The van der Waals surface area contributed by atoms with Gasteiger partial charge >= 0.3 is 0 Å². The summed E-state index contributed by atoms with van der Waals surface area (Å²) in [6, 6.07) is 5.10. The number of nitrogens with one attached hydrogen (secondary N) is 2. The molecule has 0 saturated heterocycles. The Kier molecular flexibility index (Phi) is 5.86. The third-order valence-electron chi connectivity index (χ3n) is 2.41. The van der Waals surface area contributed by atoms with E-state index in [9.17, 15) is 9.59 Å². The number of rotatable bonds is 4. The maximum Gasteiger partial charge on any atom is 0.247 e. The third kappa shape index (κ3) is 4.58. The molecule has 2 N–H and O–H groups in total. The molecule has 0 saturated carbocycles. The van der Waals surface area contributed by atoms with Gasteiger partial charge in [0.25, 0.3) is 0 Å². The average molecular weight is 301 g/mol. The van der Waals surface area contributed by atoms with E-state index >= 15 is 0 Å². The van der Waals surface area contributed by atoms with Gasteiger partial charge in [-0.2, -0.15) is 0 Å². The Bertz CT molecular complexity index is 507. The van der Waals surface area contributed by atoms with E-state index in [4.69, 9.17) is 23.2 Å². The Hall–Kier alpha value is -1.52. The fraction of sp³-hybridized carbons (Fsp3) is 0.231. The molecule has 4 nitrogen and oxygen atoms in total. The van der Waals surface area contributed by atoms with Crippen molar-refractivity contribution in [2.24, 2.45) is 0 Å². The molecule has 0 radical (unpaired) electrons. The van der Waals surface area contributed by atoms with Crippen LogP contribution in [0.5, 0.6) is 0 Å². The van der Waals surface area contributed by atoms with Crippen molar-refractivity contribution < 1.29 is 9.59 Å². The predicted octanol–water partition coefficient (Wildman–Crippen LogP) is 2.26. The molecule has 0 spiro atoms. The van der Waals surface area contributed by atoms with Crippen LogP contribution in [-0.2, 0) is 9.59 Å². The van der Waals surface area contributed by atoms with E-state index in [1.165, 1.54) is 7.05 Å². The average Bonchev–Trinajstić information content (AvgIpc) is 2.39. The molecule has 0 atom stereocenters. The van der Waals surface area contributed by atoms with Gasteiger partial charge in [0.15, 0.2) is 0 Å². The van der Waals surface area contributed by atoms with Crippen molar-refractivity contribution in [3.8, 4) is 0 Å². The van der Waals surface area contributed by atoms with Gasteiger partial charge in [-0.05, 0) is 25.1 Å². The second-order valence-corrected chi connectivity index (χ2v) is 4.63. The molecule has 0 bridgehead atoms. The van der Waals surface area contributed by atoms with Gasteiger partial charge in [-0.15, -0.1) is 0 Å². The van der Waals surface area contributed by atoms with Crippen molar-refractivity contribution in [3.05, 3.63) is 39.4 Å². The number of carbonyl (C=O) groups is 2. The van der Waals surface area contributed by atoms with Gasteiger partial charge in [-0.3, -0.25) is 9.59 Å². The first-order valence-corrected chi connectivity index (χ1v) is 6.32. The summed E-state index contributed by atoms with van der Waals surface area (Å²) < 4.78 is 0. The number of carbonyl (C=O) groups excluding carboxylic acids is 2. The Morgan fingerprint density at radius 3 is 2.37 bits per heavy atom. The molecule has 6 heteroatoms. The number of hydrogen-bond acceptors (Lipinski definition) is 2. The lowest BCUT2D eigenvalue weighted by Gasteiger charge is -2.06. The Morgan fingerprint density at radius 1 is 1.26 bits per heavy atom. The highest BCUT2D eigenvalue weighted by atomic mass is 35.5. The van der Waals surface area contributed by atoms with Crippen molar-refractivity contribution in [3.63, 3.8) is 0 Å².